The predicted octanol–water partition coefficient (Wildman–Crippen LogP) is 3.65. The van der Waals surface area contributed by atoms with E-state index in [0.29, 0.717) is 5.92 Å². The summed E-state index contributed by atoms with van der Waals surface area (Å²) in [5.41, 5.74) is 3.10. The fraction of sp³-hybridized carbons (Fsp3) is 0.273. The summed E-state index contributed by atoms with van der Waals surface area (Å²) in [7, 11) is 0. The third-order valence-electron chi connectivity index (χ3n) is 5.44. The molecule has 4 aromatic rings. The van der Waals surface area contributed by atoms with Gasteiger partial charge in [0.05, 0.1) is 23.8 Å². The van der Waals surface area contributed by atoms with Crippen molar-refractivity contribution in [3.63, 3.8) is 0 Å². The molecule has 0 bridgehead atoms. The fourth-order valence-corrected chi connectivity index (χ4v) is 3.97. The van der Waals surface area contributed by atoms with Crippen LogP contribution in [0.2, 0.25) is 0 Å². The maximum atomic E-state index is 4.80. The number of aromatic nitrogens is 5. The Labute approximate surface area is 163 Å². The van der Waals surface area contributed by atoms with E-state index < -0.39 is 0 Å². The zero-order valence-electron chi connectivity index (χ0n) is 15.6. The van der Waals surface area contributed by atoms with E-state index in [9.17, 15) is 0 Å². The van der Waals surface area contributed by atoms with Gasteiger partial charge in [0.25, 0.3) is 0 Å². The number of hydrogen-bond donors (Lipinski definition) is 0. The van der Waals surface area contributed by atoms with Gasteiger partial charge in [0.1, 0.15) is 11.6 Å². The van der Waals surface area contributed by atoms with Gasteiger partial charge in [-0.15, -0.1) is 0 Å². The fourth-order valence-electron chi connectivity index (χ4n) is 3.97. The number of benzene rings is 1. The molecule has 1 aromatic carbocycles. The summed E-state index contributed by atoms with van der Waals surface area (Å²) in [6.45, 7) is 2.76. The average molecular weight is 370 g/mol. The number of fused-ring (bicyclic) bond motifs is 1. The highest BCUT2D eigenvalue weighted by atomic mass is 15.2. The first kappa shape index (κ1) is 16.9. The first-order valence-corrected chi connectivity index (χ1v) is 9.73. The number of para-hydroxylation sites is 2. The zero-order chi connectivity index (χ0) is 18.8. The maximum Gasteiger partial charge on any atom is 0.147 e. The van der Waals surface area contributed by atoms with E-state index in [1.807, 2.05) is 55.1 Å². The Balaban J connectivity index is 1.29. The number of hydrogen-bond acceptors (Lipinski definition) is 5. The van der Waals surface area contributed by atoms with Crippen LogP contribution in [-0.2, 0) is 6.54 Å². The molecule has 0 N–H and O–H groups in total. The normalized spacial score (nSPS) is 15.2. The number of piperidine rings is 1. The summed E-state index contributed by atoms with van der Waals surface area (Å²) in [4.78, 5) is 20.6. The third-order valence-corrected chi connectivity index (χ3v) is 5.44. The van der Waals surface area contributed by atoms with Crippen LogP contribution in [0.5, 0.6) is 0 Å². The van der Waals surface area contributed by atoms with Crippen LogP contribution in [0.4, 0.5) is 5.82 Å². The van der Waals surface area contributed by atoms with Crippen molar-refractivity contribution in [1.82, 2.24) is 24.5 Å². The van der Waals surface area contributed by atoms with Crippen LogP contribution in [-0.4, -0.2) is 37.6 Å². The number of anilines is 1. The van der Waals surface area contributed by atoms with Crippen LogP contribution < -0.4 is 4.90 Å². The van der Waals surface area contributed by atoms with Gasteiger partial charge in [-0.05, 0) is 36.6 Å². The molecule has 1 aliphatic heterocycles. The molecule has 28 heavy (non-hydrogen) atoms. The summed E-state index contributed by atoms with van der Waals surface area (Å²) in [6.07, 6.45) is 11.7. The number of rotatable bonds is 4. The minimum Gasteiger partial charge on any atom is -0.355 e. The molecule has 140 valence electrons. The van der Waals surface area contributed by atoms with Crippen molar-refractivity contribution in [3.8, 4) is 0 Å². The molecule has 1 saturated heterocycles. The smallest absolute Gasteiger partial charge is 0.147 e. The van der Waals surface area contributed by atoms with E-state index >= 15 is 0 Å². The SMILES string of the molecule is c1cncc(Cn2ccnc2C2CCN(c3cnc4ccccc4n3)CC2)c1. The molecule has 0 atom stereocenters. The Bertz CT molecular complexity index is 1070. The Morgan fingerprint density at radius 3 is 2.57 bits per heavy atom. The second-order valence-corrected chi connectivity index (χ2v) is 7.25. The second kappa shape index (κ2) is 7.38. The largest absolute Gasteiger partial charge is 0.355 e. The van der Waals surface area contributed by atoms with Crippen molar-refractivity contribution in [2.45, 2.75) is 25.3 Å². The lowest BCUT2D eigenvalue weighted by molar-refractivity contribution is 0.468. The maximum absolute atomic E-state index is 4.80. The molecule has 3 aromatic heterocycles. The van der Waals surface area contributed by atoms with Crippen molar-refractivity contribution in [1.29, 1.82) is 0 Å². The zero-order valence-corrected chi connectivity index (χ0v) is 15.6. The van der Waals surface area contributed by atoms with Gasteiger partial charge in [0.2, 0.25) is 0 Å². The van der Waals surface area contributed by atoms with E-state index in [2.05, 4.69) is 36.7 Å². The van der Waals surface area contributed by atoms with Crippen molar-refractivity contribution in [3.05, 3.63) is 78.8 Å². The minimum atomic E-state index is 0.469. The summed E-state index contributed by atoms with van der Waals surface area (Å²) in [6, 6.07) is 12.1. The topological polar surface area (TPSA) is 59.7 Å². The molecule has 4 heterocycles. The van der Waals surface area contributed by atoms with Crippen molar-refractivity contribution in [2.75, 3.05) is 18.0 Å². The molecule has 6 nitrogen and oxygen atoms in total. The molecule has 1 aliphatic rings. The second-order valence-electron chi connectivity index (χ2n) is 7.25. The van der Waals surface area contributed by atoms with Gasteiger partial charge in [-0.3, -0.25) is 9.97 Å². The van der Waals surface area contributed by atoms with E-state index in [-0.39, 0.29) is 0 Å². The molecule has 5 rings (SSSR count). The molecule has 1 fully saturated rings. The van der Waals surface area contributed by atoms with Crippen LogP contribution in [0, 0.1) is 0 Å². The van der Waals surface area contributed by atoms with Crippen LogP contribution in [0.15, 0.2) is 67.4 Å². The van der Waals surface area contributed by atoms with Crippen molar-refractivity contribution >= 4 is 16.9 Å². The van der Waals surface area contributed by atoms with Gasteiger partial charge in [0.15, 0.2) is 0 Å². The first-order chi connectivity index (χ1) is 13.9. The third kappa shape index (κ3) is 3.33. The molecule has 0 unspecified atom stereocenters. The lowest BCUT2D eigenvalue weighted by Gasteiger charge is -2.32. The van der Waals surface area contributed by atoms with Crippen LogP contribution in [0.1, 0.15) is 30.1 Å². The highest BCUT2D eigenvalue weighted by Crippen LogP contribution is 2.29. The summed E-state index contributed by atoms with van der Waals surface area (Å²) < 4.78 is 2.26. The molecular formula is C22H22N6. The van der Waals surface area contributed by atoms with E-state index in [4.69, 9.17) is 4.98 Å². The highest BCUT2D eigenvalue weighted by molar-refractivity contribution is 5.75. The molecule has 6 heteroatoms. The number of pyridine rings is 1. The minimum absolute atomic E-state index is 0.469. The summed E-state index contributed by atoms with van der Waals surface area (Å²) in [5, 5.41) is 0. The van der Waals surface area contributed by atoms with E-state index in [1.165, 1.54) is 11.4 Å². The standard InChI is InChI=1S/C22H22N6/c1-2-6-20-19(5-1)25-15-21(26-20)27-11-7-18(8-12-27)22-24-10-13-28(22)16-17-4-3-9-23-14-17/h1-6,9-10,13-15,18H,7-8,11-12,16H2. The molecule has 0 aliphatic carbocycles. The van der Waals surface area contributed by atoms with Crippen molar-refractivity contribution in [2.24, 2.45) is 0 Å². The molecule has 0 spiro atoms. The number of imidazole rings is 1. The lowest BCUT2D eigenvalue weighted by atomic mass is 9.96. The Hall–Kier alpha value is -3.28. The number of nitrogens with zero attached hydrogens (tertiary/aromatic N) is 6. The van der Waals surface area contributed by atoms with Crippen LogP contribution >= 0.6 is 0 Å². The predicted molar refractivity (Wildman–Crippen MR) is 109 cm³/mol. The molecular weight excluding hydrogens is 348 g/mol. The van der Waals surface area contributed by atoms with Crippen LogP contribution in [0.25, 0.3) is 11.0 Å². The lowest BCUT2D eigenvalue weighted by Crippen LogP contribution is -2.34. The Morgan fingerprint density at radius 1 is 0.893 bits per heavy atom. The quantitative estimate of drug-likeness (QED) is 0.549. The van der Waals surface area contributed by atoms with E-state index in [1.54, 1.807) is 0 Å². The van der Waals surface area contributed by atoms with Crippen LogP contribution in [0.3, 0.4) is 0 Å². The Kier molecular flexibility index (Phi) is 4.45. The Morgan fingerprint density at radius 2 is 1.75 bits per heavy atom. The summed E-state index contributed by atoms with van der Waals surface area (Å²) >= 11 is 0. The van der Waals surface area contributed by atoms with E-state index in [0.717, 1.165) is 49.3 Å². The molecule has 0 saturated carbocycles. The van der Waals surface area contributed by atoms with Gasteiger partial charge >= 0.3 is 0 Å². The highest BCUT2D eigenvalue weighted by Gasteiger charge is 2.25. The first-order valence-electron chi connectivity index (χ1n) is 9.73. The van der Waals surface area contributed by atoms with Gasteiger partial charge in [-0.25, -0.2) is 9.97 Å². The molecule has 0 radical (unpaired) electrons. The van der Waals surface area contributed by atoms with Gasteiger partial charge in [0, 0.05) is 43.8 Å². The van der Waals surface area contributed by atoms with Gasteiger partial charge < -0.3 is 9.47 Å². The molecule has 0 amide bonds. The van der Waals surface area contributed by atoms with Crippen molar-refractivity contribution < 1.29 is 0 Å². The van der Waals surface area contributed by atoms with Gasteiger partial charge in [-0.1, -0.05) is 18.2 Å². The summed E-state index contributed by atoms with van der Waals surface area (Å²) in [5.74, 6) is 2.61. The van der Waals surface area contributed by atoms with Gasteiger partial charge in [-0.2, -0.15) is 0 Å². The monoisotopic (exact) mass is 370 g/mol. The average Bonchev–Trinajstić information content (AvgIpc) is 3.22.